The third-order valence-electron chi connectivity index (χ3n) is 9.87. The molecule has 1 spiro atoms. The van der Waals surface area contributed by atoms with Gasteiger partial charge in [0.15, 0.2) is 0 Å². The number of ether oxygens (including phenoxy) is 1. The zero-order chi connectivity index (χ0) is 19.6. The molecule has 0 radical (unpaired) electrons. The van der Waals surface area contributed by atoms with Crippen molar-refractivity contribution in [1.29, 1.82) is 0 Å². The summed E-state index contributed by atoms with van der Waals surface area (Å²) in [5.74, 6) is 0.405. The van der Waals surface area contributed by atoms with Gasteiger partial charge in [-0.15, -0.1) is 0 Å². The van der Waals surface area contributed by atoms with E-state index in [2.05, 4.69) is 13.8 Å². The van der Waals surface area contributed by atoms with Gasteiger partial charge in [-0.25, -0.2) is 4.79 Å². The van der Waals surface area contributed by atoms with E-state index in [4.69, 9.17) is 4.74 Å². The second-order valence-electron chi connectivity index (χ2n) is 10.5. The summed E-state index contributed by atoms with van der Waals surface area (Å²) in [6.45, 7) is 5.58. The van der Waals surface area contributed by atoms with Gasteiger partial charge in [-0.1, -0.05) is 19.4 Å². The lowest BCUT2D eigenvalue weighted by atomic mass is 9.45. The van der Waals surface area contributed by atoms with E-state index >= 15 is 0 Å². The number of nitrogens with zero attached hydrogens (tertiary/aromatic N) is 1. The molecule has 2 aliphatic heterocycles. The highest BCUT2D eigenvalue weighted by atomic mass is 16.6. The molecule has 2 bridgehead atoms. The van der Waals surface area contributed by atoms with Crippen molar-refractivity contribution in [2.45, 2.75) is 58.4 Å². The van der Waals surface area contributed by atoms with Crippen LogP contribution >= 0.6 is 0 Å². The molecule has 3 fully saturated rings. The molecule has 2 saturated heterocycles. The van der Waals surface area contributed by atoms with Crippen LogP contribution in [0.5, 0.6) is 0 Å². The van der Waals surface area contributed by atoms with Crippen molar-refractivity contribution in [3.63, 3.8) is 0 Å². The van der Waals surface area contributed by atoms with Crippen LogP contribution < -0.4 is 0 Å². The number of carbonyl (C=O) groups is 2. The van der Waals surface area contributed by atoms with Crippen LogP contribution in [0.1, 0.15) is 52.4 Å². The van der Waals surface area contributed by atoms with Gasteiger partial charge in [0.25, 0.3) is 0 Å². The standard InChI is InChI=1S/C23H29NO4/c1-12-10-24(27)11-14-6-4-13-5-7-15-17(21(26)28-3)9-23(19(13)15)20(25)16(12)8-18(24)22(14,23)2/h12,14,16,18H,4-11H2,1-3H3/t12?,14?,16-,18?,22+,23-,24+/m0/s1. The van der Waals surface area contributed by atoms with E-state index in [-0.39, 0.29) is 39.8 Å². The van der Waals surface area contributed by atoms with E-state index in [9.17, 15) is 14.8 Å². The summed E-state index contributed by atoms with van der Waals surface area (Å²) >= 11 is 0. The third kappa shape index (κ3) is 1.59. The number of Topliss-reactive ketones (excluding diaryl/α,β-unsaturated/α-hetero) is 1. The minimum Gasteiger partial charge on any atom is -0.633 e. The molecule has 4 aliphatic carbocycles. The predicted octanol–water partition coefficient (Wildman–Crippen LogP) is 3.29. The Balaban J connectivity index is 1.65. The number of ketones is 1. The molecule has 6 aliphatic rings. The largest absolute Gasteiger partial charge is 0.633 e. The first-order valence-corrected chi connectivity index (χ1v) is 10.9. The minimum absolute atomic E-state index is 0.0119. The first-order valence-electron chi connectivity index (χ1n) is 10.9. The highest BCUT2D eigenvalue weighted by molar-refractivity contribution is 6.01. The third-order valence-corrected chi connectivity index (χ3v) is 9.87. The molecule has 28 heavy (non-hydrogen) atoms. The fourth-order valence-corrected chi connectivity index (χ4v) is 8.80. The van der Waals surface area contributed by atoms with Gasteiger partial charge >= 0.3 is 5.97 Å². The van der Waals surface area contributed by atoms with E-state index in [1.165, 1.54) is 18.3 Å². The fraction of sp³-hybridized carbons (Fsp3) is 0.739. The number of rotatable bonds is 1. The maximum atomic E-state index is 14.3. The monoisotopic (exact) mass is 383 g/mol. The Hall–Kier alpha value is -1.46. The summed E-state index contributed by atoms with van der Waals surface area (Å²) < 4.78 is 5.03. The van der Waals surface area contributed by atoms with E-state index < -0.39 is 5.41 Å². The van der Waals surface area contributed by atoms with Gasteiger partial charge < -0.3 is 14.6 Å². The lowest BCUT2D eigenvalue weighted by molar-refractivity contribution is -0.908. The predicted molar refractivity (Wildman–Crippen MR) is 103 cm³/mol. The van der Waals surface area contributed by atoms with Gasteiger partial charge in [0.05, 0.1) is 31.7 Å². The Labute approximate surface area is 166 Å². The number of allylic oxidation sites excluding steroid dienone is 3. The number of hydroxylamine groups is 3. The van der Waals surface area contributed by atoms with Crippen LogP contribution in [0.3, 0.4) is 0 Å². The quantitative estimate of drug-likeness (QED) is 0.396. The van der Waals surface area contributed by atoms with Gasteiger partial charge in [0, 0.05) is 35.2 Å². The van der Waals surface area contributed by atoms with Gasteiger partial charge in [0.2, 0.25) is 0 Å². The average molecular weight is 383 g/mol. The van der Waals surface area contributed by atoms with Crippen molar-refractivity contribution in [1.82, 2.24) is 0 Å². The number of methoxy groups -OCH3 is 1. The molecule has 150 valence electrons. The summed E-state index contributed by atoms with van der Waals surface area (Å²) in [6, 6.07) is -0.0119. The lowest BCUT2D eigenvalue weighted by Crippen LogP contribution is -2.68. The number of fused-ring (bicyclic) bond motifs is 1. The molecule has 3 unspecified atom stereocenters. The highest BCUT2D eigenvalue weighted by Crippen LogP contribution is 2.74. The molecule has 0 aromatic heterocycles. The summed E-state index contributed by atoms with van der Waals surface area (Å²) in [4.78, 5) is 27.0. The Morgan fingerprint density at radius 3 is 2.79 bits per heavy atom. The second-order valence-corrected chi connectivity index (χ2v) is 10.5. The summed E-state index contributed by atoms with van der Waals surface area (Å²) in [5, 5.41) is 14.0. The van der Waals surface area contributed by atoms with Crippen molar-refractivity contribution in [3.8, 4) is 0 Å². The molecule has 0 amide bonds. The lowest BCUT2D eigenvalue weighted by Gasteiger charge is -2.62. The van der Waals surface area contributed by atoms with Crippen molar-refractivity contribution >= 4 is 11.8 Å². The van der Waals surface area contributed by atoms with Crippen LogP contribution in [0.15, 0.2) is 22.3 Å². The molecule has 6 rings (SSSR count). The van der Waals surface area contributed by atoms with Crippen LogP contribution in [0.2, 0.25) is 0 Å². The zero-order valence-electron chi connectivity index (χ0n) is 17.0. The molecule has 5 heteroatoms. The van der Waals surface area contributed by atoms with Crippen molar-refractivity contribution in [2.75, 3.05) is 20.2 Å². The number of hydrogen-bond donors (Lipinski definition) is 0. The van der Waals surface area contributed by atoms with Crippen LogP contribution in [0.4, 0.5) is 0 Å². The van der Waals surface area contributed by atoms with E-state index in [0.717, 1.165) is 43.3 Å². The summed E-state index contributed by atoms with van der Waals surface area (Å²) in [6.07, 6.45) is 5.03. The van der Waals surface area contributed by atoms with Crippen LogP contribution in [0, 0.1) is 33.8 Å². The molecule has 1 saturated carbocycles. The zero-order valence-corrected chi connectivity index (χ0v) is 17.0. The van der Waals surface area contributed by atoms with E-state index in [1.54, 1.807) is 0 Å². The maximum absolute atomic E-state index is 14.3. The Bertz CT molecular complexity index is 902. The number of carbonyl (C=O) groups excluding carboxylic acids is 2. The number of piperidine rings is 1. The molecule has 7 atom stereocenters. The Morgan fingerprint density at radius 1 is 1.25 bits per heavy atom. The molecule has 0 aromatic carbocycles. The average Bonchev–Trinajstić information content (AvgIpc) is 3.26. The molecule has 2 heterocycles. The number of hydrogen-bond acceptors (Lipinski definition) is 4. The second kappa shape index (κ2) is 4.99. The normalized spacial score (nSPS) is 50.8. The maximum Gasteiger partial charge on any atom is 0.334 e. The van der Waals surface area contributed by atoms with Gasteiger partial charge in [-0.2, -0.15) is 0 Å². The van der Waals surface area contributed by atoms with Gasteiger partial charge in [0.1, 0.15) is 5.78 Å². The minimum atomic E-state index is -0.661. The van der Waals surface area contributed by atoms with Crippen LogP contribution in [-0.2, 0) is 14.3 Å². The molecule has 0 N–H and O–H groups in total. The first-order chi connectivity index (χ1) is 13.3. The van der Waals surface area contributed by atoms with E-state index in [0.29, 0.717) is 25.3 Å². The van der Waals surface area contributed by atoms with Crippen molar-refractivity contribution in [2.24, 2.45) is 28.6 Å². The van der Waals surface area contributed by atoms with Gasteiger partial charge in [-0.3, -0.25) is 4.79 Å². The summed E-state index contributed by atoms with van der Waals surface area (Å²) in [5.41, 5.74) is 3.41. The molecular weight excluding hydrogens is 354 g/mol. The van der Waals surface area contributed by atoms with Gasteiger partial charge in [-0.05, 0) is 43.3 Å². The first kappa shape index (κ1) is 17.4. The molecular formula is C23H29NO4. The summed E-state index contributed by atoms with van der Waals surface area (Å²) in [7, 11) is 1.44. The smallest absolute Gasteiger partial charge is 0.334 e. The highest BCUT2D eigenvalue weighted by Gasteiger charge is 2.78. The van der Waals surface area contributed by atoms with Crippen molar-refractivity contribution < 1.29 is 19.0 Å². The van der Waals surface area contributed by atoms with Crippen LogP contribution in [-0.4, -0.2) is 42.6 Å². The number of quaternary nitrogens is 1. The molecule has 5 nitrogen and oxygen atoms in total. The van der Waals surface area contributed by atoms with E-state index in [1.807, 2.05) is 0 Å². The Kier molecular flexibility index (Phi) is 3.10. The number of esters is 1. The topological polar surface area (TPSA) is 66.4 Å². The SMILES string of the molecule is COC(=O)C1=C2CCC3=C2[C@@]2(C1)C(=O)[C@H]1CC4[C@@]2(C)C(CC3)C[N@+]4([O-])CC1C. The molecule has 0 aromatic rings. The van der Waals surface area contributed by atoms with Crippen LogP contribution in [0.25, 0.3) is 0 Å². The Morgan fingerprint density at radius 2 is 2.04 bits per heavy atom. The van der Waals surface area contributed by atoms with Crippen molar-refractivity contribution in [3.05, 3.63) is 27.5 Å². The fourth-order valence-electron chi connectivity index (χ4n) is 8.80.